The van der Waals surface area contributed by atoms with E-state index in [0.717, 1.165) is 10.7 Å². The monoisotopic (exact) mass is 557 g/mol. The zero-order chi connectivity index (χ0) is 12.3. The van der Waals surface area contributed by atoms with Gasteiger partial charge in [-0.2, -0.15) is 0 Å². The highest BCUT2D eigenvalue weighted by molar-refractivity contribution is 14.1. The van der Waals surface area contributed by atoms with Gasteiger partial charge in [0, 0.05) is 17.3 Å². The summed E-state index contributed by atoms with van der Waals surface area (Å²) >= 11 is 6.55. The van der Waals surface area contributed by atoms with Crippen LogP contribution >= 0.6 is 67.8 Å². The van der Waals surface area contributed by atoms with Crippen LogP contribution in [0.15, 0.2) is 12.1 Å². The molecule has 0 heterocycles. The Kier molecular flexibility index (Phi) is 6.23. The van der Waals surface area contributed by atoms with Crippen molar-refractivity contribution in [2.45, 2.75) is 13.0 Å². The summed E-state index contributed by atoms with van der Waals surface area (Å²) in [7, 11) is 0. The average molecular weight is 557 g/mol. The van der Waals surface area contributed by atoms with Gasteiger partial charge in [-0.15, -0.1) is 0 Å². The number of nitrogens with one attached hydrogen (secondary N) is 1. The van der Waals surface area contributed by atoms with E-state index in [1.165, 1.54) is 0 Å². The van der Waals surface area contributed by atoms with Gasteiger partial charge >= 0.3 is 0 Å². The van der Waals surface area contributed by atoms with Gasteiger partial charge in [0.2, 0.25) is 0 Å². The first kappa shape index (κ1) is 14.9. The van der Waals surface area contributed by atoms with E-state index in [1.54, 1.807) is 6.92 Å². The second-order valence-corrected chi connectivity index (χ2v) is 6.79. The van der Waals surface area contributed by atoms with Crippen molar-refractivity contribution in [1.82, 2.24) is 5.32 Å². The summed E-state index contributed by atoms with van der Waals surface area (Å²) in [5.74, 6) is -0.137. The van der Waals surface area contributed by atoms with Crippen molar-refractivity contribution in [3.63, 3.8) is 0 Å². The summed E-state index contributed by atoms with van der Waals surface area (Å²) < 4.78 is 3.04. The fourth-order valence-corrected chi connectivity index (χ4v) is 3.46. The summed E-state index contributed by atoms with van der Waals surface area (Å²) in [5.41, 5.74) is 0.664. The van der Waals surface area contributed by atoms with E-state index < -0.39 is 6.10 Å². The lowest BCUT2D eigenvalue weighted by molar-refractivity contribution is 0.0923. The van der Waals surface area contributed by atoms with E-state index in [1.807, 2.05) is 12.1 Å². The molecule has 0 fully saturated rings. The molecule has 1 rings (SSSR count). The first-order chi connectivity index (χ1) is 7.41. The molecule has 3 nitrogen and oxygen atoms in total. The Morgan fingerprint density at radius 1 is 1.44 bits per heavy atom. The number of amides is 1. The largest absolute Gasteiger partial charge is 0.392 e. The van der Waals surface area contributed by atoms with Crippen LogP contribution in [0.3, 0.4) is 0 Å². The number of aliphatic hydroxyl groups is 1. The highest BCUT2D eigenvalue weighted by Crippen LogP contribution is 2.22. The zero-order valence-electron chi connectivity index (χ0n) is 8.43. The van der Waals surface area contributed by atoms with E-state index in [0.29, 0.717) is 5.56 Å². The minimum atomic E-state index is -0.525. The maximum Gasteiger partial charge on any atom is 0.252 e. The van der Waals surface area contributed by atoms with Crippen molar-refractivity contribution < 1.29 is 9.90 Å². The normalized spacial score (nSPS) is 12.3. The maximum atomic E-state index is 11.8. The van der Waals surface area contributed by atoms with Crippen molar-refractivity contribution in [3.05, 3.63) is 28.4 Å². The van der Waals surface area contributed by atoms with Crippen LogP contribution in [-0.2, 0) is 0 Å². The standard InChI is InChI=1S/C10H10I3NO2/c1-5(15)4-14-10(16)7-2-6(11)3-8(12)9(7)13/h2-3,5,15H,4H2,1H3,(H,14,16). The van der Waals surface area contributed by atoms with Gasteiger partial charge in [0.05, 0.1) is 11.7 Å². The second-order valence-electron chi connectivity index (χ2n) is 3.31. The third-order valence-electron chi connectivity index (χ3n) is 1.80. The Bertz CT molecular complexity index is 407. The lowest BCUT2D eigenvalue weighted by Crippen LogP contribution is -2.31. The maximum absolute atomic E-state index is 11.8. The molecule has 0 aliphatic heterocycles. The van der Waals surface area contributed by atoms with Gasteiger partial charge in [-0.05, 0) is 86.8 Å². The number of benzene rings is 1. The number of rotatable bonds is 3. The number of carbonyl (C=O) groups excluding carboxylic acids is 1. The Balaban J connectivity index is 2.91. The molecule has 0 aromatic heterocycles. The summed E-state index contributed by atoms with van der Waals surface area (Å²) in [6.07, 6.45) is -0.525. The van der Waals surface area contributed by atoms with Crippen LogP contribution in [-0.4, -0.2) is 23.7 Å². The van der Waals surface area contributed by atoms with Crippen molar-refractivity contribution >= 4 is 73.7 Å². The third kappa shape index (κ3) is 4.26. The fraction of sp³-hybridized carbons (Fsp3) is 0.300. The molecule has 0 bridgehead atoms. The molecule has 1 amide bonds. The van der Waals surface area contributed by atoms with Crippen LogP contribution in [0.1, 0.15) is 17.3 Å². The quantitative estimate of drug-likeness (QED) is 0.444. The molecular weight excluding hydrogens is 547 g/mol. The Morgan fingerprint density at radius 2 is 2.06 bits per heavy atom. The molecule has 0 spiro atoms. The molecule has 1 aromatic carbocycles. The number of aliphatic hydroxyl groups excluding tert-OH is 1. The van der Waals surface area contributed by atoms with Crippen LogP contribution in [0, 0.1) is 10.7 Å². The predicted molar refractivity (Wildman–Crippen MR) is 88.6 cm³/mol. The van der Waals surface area contributed by atoms with Gasteiger partial charge in [-0.1, -0.05) is 0 Å². The van der Waals surface area contributed by atoms with E-state index in [2.05, 4.69) is 73.1 Å². The van der Waals surface area contributed by atoms with Gasteiger partial charge in [-0.3, -0.25) is 4.79 Å². The molecule has 6 heteroatoms. The Morgan fingerprint density at radius 3 is 2.62 bits per heavy atom. The van der Waals surface area contributed by atoms with Gasteiger partial charge < -0.3 is 10.4 Å². The van der Waals surface area contributed by atoms with Crippen molar-refractivity contribution in [3.8, 4) is 0 Å². The van der Waals surface area contributed by atoms with E-state index in [-0.39, 0.29) is 12.5 Å². The van der Waals surface area contributed by atoms with Gasteiger partial charge in [-0.25, -0.2) is 0 Å². The van der Waals surface area contributed by atoms with E-state index in [9.17, 15) is 4.79 Å². The molecule has 1 unspecified atom stereocenters. The Hall–Kier alpha value is 0.840. The van der Waals surface area contributed by atoms with Crippen LogP contribution in [0.4, 0.5) is 0 Å². The van der Waals surface area contributed by atoms with Crippen LogP contribution in [0.2, 0.25) is 0 Å². The molecule has 0 saturated carbocycles. The summed E-state index contributed by atoms with van der Waals surface area (Å²) in [5, 5.41) is 11.8. The van der Waals surface area contributed by atoms with Crippen LogP contribution in [0.25, 0.3) is 0 Å². The highest BCUT2D eigenvalue weighted by atomic mass is 127. The minimum Gasteiger partial charge on any atom is -0.392 e. The molecule has 16 heavy (non-hydrogen) atoms. The smallest absolute Gasteiger partial charge is 0.252 e. The number of hydrogen-bond acceptors (Lipinski definition) is 2. The lowest BCUT2D eigenvalue weighted by atomic mass is 10.2. The van der Waals surface area contributed by atoms with Gasteiger partial charge in [0.25, 0.3) is 5.91 Å². The molecule has 0 aliphatic rings. The summed E-state index contributed by atoms with van der Waals surface area (Å²) in [6, 6.07) is 3.87. The average Bonchev–Trinajstić information content (AvgIpc) is 2.19. The van der Waals surface area contributed by atoms with Crippen molar-refractivity contribution in [2.75, 3.05) is 6.54 Å². The predicted octanol–water partition coefficient (Wildman–Crippen LogP) is 2.61. The second kappa shape index (κ2) is 6.69. The summed E-state index contributed by atoms with van der Waals surface area (Å²) in [4.78, 5) is 11.8. The topological polar surface area (TPSA) is 49.3 Å². The third-order valence-corrected chi connectivity index (χ3v) is 5.46. The number of hydrogen-bond donors (Lipinski definition) is 2. The molecular formula is C10H10I3NO2. The Labute approximate surface area is 135 Å². The lowest BCUT2D eigenvalue weighted by Gasteiger charge is -2.10. The van der Waals surface area contributed by atoms with E-state index in [4.69, 9.17) is 5.11 Å². The van der Waals surface area contributed by atoms with Crippen molar-refractivity contribution in [1.29, 1.82) is 0 Å². The van der Waals surface area contributed by atoms with Crippen LogP contribution in [0.5, 0.6) is 0 Å². The highest BCUT2D eigenvalue weighted by Gasteiger charge is 2.13. The molecule has 88 valence electrons. The molecule has 0 saturated heterocycles. The molecule has 0 aliphatic carbocycles. The molecule has 0 radical (unpaired) electrons. The molecule has 1 aromatic rings. The number of carbonyl (C=O) groups is 1. The minimum absolute atomic E-state index is 0.137. The first-order valence-electron chi connectivity index (χ1n) is 4.52. The molecule has 2 N–H and O–H groups in total. The van der Waals surface area contributed by atoms with Gasteiger partial charge in [0.15, 0.2) is 0 Å². The number of halogens is 3. The van der Waals surface area contributed by atoms with Crippen LogP contribution < -0.4 is 5.32 Å². The zero-order valence-corrected chi connectivity index (χ0v) is 14.9. The molecule has 1 atom stereocenters. The van der Waals surface area contributed by atoms with E-state index >= 15 is 0 Å². The summed E-state index contributed by atoms with van der Waals surface area (Å²) in [6.45, 7) is 1.92. The van der Waals surface area contributed by atoms with Gasteiger partial charge in [0.1, 0.15) is 0 Å². The first-order valence-corrected chi connectivity index (χ1v) is 7.76. The van der Waals surface area contributed by atoms with Crippen molar-refractivity contribution in [2.24, 2.45) is 0 Å². The SMILES string of the molecule is CC(O)CNC(=O)c1cc(I)cc(I)c1I. The fourth-order valence-electron chi connectivity index (χ4n) is 1.06.